The molecule has 2 rings (SSSR count). The van der Waals surface area contributed by atoms with Gasteiger partial charge in [0.05, 0.1) is 19.3 Å². The Kier molecular flexibility index (Phi) is 9.07. The van der Waals surface area contributed by atoms with Gasteiger partial charge in [0, 0.05) is 40.3 Å². The standard InChI is InChI=1S/C21H34N4O3/c1-5-22-21(25(3)11-8-17-9-12-28-13-10-17)23-15-18-6-7-20(27-4)19(14-18)24-16(2)26/h6-7,14,17H,5,8-13,15H2,1-4H3,(H,22,23)(H,24,26). The van der Waals surface area contributed by atoms with Crippen molar-refractivity contribution in [3.05, 3.63) is 23.8 Å². The normalized spacial score (nSPS) is 15.2. The van der Waals surface area contributed by atoms with E-state index in [0.29, 0.717) is 18.0 Å². The van der Waals surface area contributed by atoms with Gasteiger partial charge in [0.15, 0.2) is 5.96 Å². The molecule has 0 bridgehead atoms. The molecule has 28 heavy (non-hydrogen) atoms. The number of nitrogens with one attached hydrogen (secondary N) is 2. The van der Waals surface area contributed by atoms with Crippen LogP contribution >= 0.6 is 0 Å². The largest absolute Gasteiger partial charge is 0.495 e. The predicted octanol–water partition coefficient (Wildman–Crippen LogP) is 2.87. The lowest BCUT2D eigenvalue weighted by Crippen LogP contribution is -2.40. The van der Waals surface area contributed by atoms with Crippen molar-refractivity contribution >= 4 is 17.6 Å². The third-order valence-corrected chi connectivity index (χ3v) is 4.90. The van der Waals surface area contributed by atoms with Gasteiger partial charge in [0.1, 0.15) is 5.75 Å². The first-order chi connectivity index (χ1) is 13.5. The molecule has 0 aliphatic carbocycles. The Morgan fingerprint density at radius 2 is 2.11 bits per heavy atom. The van der Waals surface area contributed by atoms with Crippen molar-refractivity contribution in [3.63, 3.8) is 0 Å². The number of rotatable bonds is 8. The number of hydrogen-bond acceptors (Lipinski definition) is 4. The molecular weight excluding hydrogens is 356 g/mol. The molecule has 1 amide bonds. The van der Waals surface area contributed by atoms with Gasteiger partial charge in [-0.1, -0.05) is 6.07 Å². The first-order valence-electron chi connectivity index (χ1n) is 10.0. The highest BCUT2D eigenvalue weighted by atomic mass is 16.5. The molecule has 0 atom stereocenters. The van der Waals surface area contributed by atoms with Gasteiger partial charge in [-0.15, -0.1) is 0 Å². The quantitative estimate of drug-likeness (QED) is 0.527. The number of anilines is 1. The number of amides is 1. The molecule has 1 aliphatic rings. The molecular formula is C21H34N4O3. The minimum atomic E-state index is -0.125. The highest BCUT2D eigenvalue weighted by Gasteiger charge is 2.15. The lowest BCUT2D eigenvalue weighted by atomic mass is 9.96. The van der Waals surface area contributed by atoms with Crippen molar-refractivity contribution < 1.29 is 14.3 Å². The molecule has 156 valence electrons. The molecule has 1 aromatic rings. The average Bonchev–Trinajstić information content (AvgIpc) is 2.69. The van der Waals surface area contributed by atoms with Crippen LogP contribution in [0.25, 0.3) is 0 Å². The maximum Gasteiger partial charge on any atom is 0.221 e. The van der Waals surface area contributed by atoms with Crippen molar-refractivity contribution in [1.29, 1.82) is 0 Å². The summed E-state index contributed by atoms with van der Waals surface area (Å²) in [5.41, 5.74) is 1.68. The fourth-order valence-corrected chi connectivity index (χ4v) is 3.29. The number of ether oxygens (including phenoxy) is 2. The second-order valence-electron chi connectivity index (χ2n) is 7.15. The Morgan fingerprint density at radius 3 is 2.75 bits per heavy atom. The second-order valence-corrected chi connectivity index (χ2v) is 7.15. The number of nitrogens with zero attached hydrogens (tertiary/aromatic N) is 2. The van der Waals surface area contributed by atoms with Crippen LogP contribution in [0.1, 0.15) is 38.7 Å². The number of hydrogen-bond donors (Lipinski definition) is 2. The molecule has 7 heteroatoms. The van der Waals surface area contributed by atoms with Gasteiger partial charge >= 0.3 is 0 Å². The molecule has 1 aromatic carbocycles. The first kappa shape index (κ1) is 22.0. The fraction of sp³-hybridized carbons (Fsp3) is 0.619. The predicted molar refractivity (Wildman–Crippen MR) is 113 cm³/mol. The Bertz CT molecular complexity index is 657. The van der Waals surface area contributed by atoms with Crippen LogP contribution in [0.15, 0.2) is 23.2 Å². The number of benzene rings is 1. The summed E-state index contributed by atoms with van der Waals surface area (Å²) in [5, 5.41) is 6.17. The Hall–Kier alpha value is -2.28. The van der Waals surface area contributed by atoms with E-state index in [-0.39, 0.29) is 5.91 Å². The summed E-state index contributed by atoms with van der Waals surface area (Å²) in [6, 6.07) is 5.74. The maximum absolute atomic E-state index is 11.4. The van der Waals surface area contributed by atoms with E-state index in [1.54, 1.807) is 7.11 Å². The van der Waals surface area contributed by atoms with E-state index >= 15 is 0 Å². The van der Waals surface area contributed by atoms with Crippen LogP contribution < -0.4 is 15.4 Å². The van der Waals surface area contributed by atoms with Crippen LogP contribution in [-0.4, -0.2) is 57.2 Å². The van der Waals surface area contributed by atoms with E-state index < -0.39 is 0 Å². The zero-order valence-electron chi connectivity index (χ0n) is 17.6. The highest BCUT2D eigenvalue weighted by molar-refractivity contribution is 5.90. The molecule has 1 fully saturated rings. The lowest BCUT2D eigenvalue weighted by molar-refractivity contribution is -0.114. The van der Waals surface area contributed by atoms with Gasteiger partial charge in [-0.2, -0.15) is 0 Å². The van der Waals surface area contributed by atoms with Crippen LogP contribution in [0.2, 0.25) is 0 Å². The van der Waals surface area contributed by atoms with Crippen LogP contribution in [-0.2, 0) is 16.1 Å². The molecule has 1 aliphatic heterocycles. The van der Waals surface area contributed by atoms with E-state index in [1.807, 2.05) is 18.2 Å². The summed E-state index contributed by atoms with van der Waals surface area (Å²) in [6.45, 7) is 7.65. The molecule has 2 N–H and O–H groups in total. The number of carbonyl (C=O) groups is 1. The maximum atomic E-state index is 11.4. The van der Waals surface area contributed by atoms with Gasteiger partial charge in [-0.05, 0) is 49.8 Å². The summed E-state index contributed by atoms with van der Waals surface area (Å²) in [4.78, 5) is 18.4. The topological polar surface area (TPSA) is 75.2 Å². The monoisotopic (exact) mass is 390 g/mol. The third kappa shape index (κ3) is 7.03. The number of carbonyl (C=O) groups excluding carboxylic acids is 1. The smallest absolute Gasteiger partial charge is 0.221 e. The van der Waals surface area contributed by atoms with Crippen molar-refractivity contribution in [2.75, 3.05) is 45.8 Å². The van der Waals surface area contributed by atoms with Gasteiger partial charge in [-0.3, -0.25) is 4.79 Å². The molecule has 0 unspecified atom stereocenters. The Labute approximate surface area is 168 Å². The van der Waals surface area contributed by atoms with Gasteiger partial charge < -0.3 is 25.0 Å². The zero-order valence-corrected chi connectivity index (χ0v) is 17.6. The molecule has 0 radical (unpaired) electrons. The van der Waals surface area contributed by atoms with E-state index in [0.717, 1.165) is 63.0 Å². The second kappa shape index (κ2) is 11.5. The van der Waals surface area contributed by atoms with E-state index in [4.69, 9.17) is 14.5 Å². The Morgan fingerprint density at radius 1 is 1.36 bits per heavy atom. The van der Waals surface area contributed by atoms with Crippen LogP contribution in [0.5, 0.6) is 5.75 Å². The van der Waals surface area contributed by atoms with Crippen molar-refractivity contribution in [2.45, 2.75) is 39.7 Å². The molecule has 1 saturated heterocycles. The summed E-state index contributed by atoms with van der Waals surface area (Å²) < 4.78 is 10.8. The van der Waals surface area contributed by atoms with E-state index in [9.17, 15) is 4.79 Å². The van der Waals surface area contributed by atoms with E-state index in [1.165, 1.54) is 6.92 Å². The molecule has 7 nitrogen and oxygen atoms in total. The first-order valence-corrected chi connectivity index (χ1v) is 10.0. The molecule has 1 heterocycles. The van der Waals surface area contributed by atoms with Crippen LogP contribution in [0, 0.1) is 5.92 Å². The number of aliphatic imine (C=N–C) groups is 1. The summed E-state index contributed by atoms with van der Waals surface area (Å²) in [6.07, 6.45) is 3.46. The van der Waals surface area contributed by atoms with Crippen molar-refractivity contribution in [1.82, 2.24) is 10.2 Å². The summed E-state index contributed by atoms with van der Waals surface area (Å²) in [5.74, 6) is 2.15. The summed E-state index contributed by atoms with van der Waals surface area (Å²) in [7, 11) is 3.67. The minimum absolute atomic E-state index is 0.125. The molecule has 0 aromatic heterocycles. The lowest BCUT2D eigenvalue weighted by Gasteiger charge is -2.27. The number of methoxy groups -OCH3 is 1. The SMILES string of the molecule is CCNC(=NCc1ccc(OC)c(NC(C)=O)c1)N(C)CCC1CCOCC1. The van der Waals surface area contributed by atoms with Crippen LogP contribution in [0.4, 0.5) is 5.69 Å². The average molecular weight is 391 g/mol. The fourth-order valence-electron chi connectivity index (χ4n) is 3.29. The molecule has 0 spiro atoms. The highest BCUT2D eigenvalue weighted by Crippen LogP contribution is 2.26. The van der Waals surface area contributed by atoms with E-state index in [2.05, 4.69) is 29.5 Å². The van der Waals surface area contributed by atoms with Crippen LogP contribution in [0.3, 0.4) is 0 Å². The Balaban J connectivity index is 2.01. The van der Waals surface area contributed by atoms with Gasteiger partial charge in [0.2, 0.25) is 5.91 Å². The van der Waals surface area contributed by atoms with Crippen molar-refractivity contribution in [2.24, 2.45) is 10.9 Å². The molecule has 0 saturated carbocycles. The number of guanidine groups is 1. The minimum Gasteiger partial charge on any atom is -0.495 e. The third-order valence-electron chi connectivity index (χ3n) is 4.90. The van der Waals surface area contributed by atoms with Crippen molar-refractivity contribution in [3.8, 4) is 5.75 Å². The zero-order chi connectivity index (χ0) is 20.4. The summed E-state index contributed by atoms with van der Waals surface area (Å²) >= 11 is 0. The van der Waals surface area contributed by atoms with Gasteiger partial charge in [0.25, 0.3) is 0 Å². The van der Waals surface area contributed by atoms with Gasteiger partial charge in [-0.25, -0.2) is 4.99 Å².